The van der Waals surface area contributed by atoms with Gasteiger partial charge < -0.3 is 10.6 Å². The molecule has 1 aliphatic rings. The Kier molecular flexibility index (Phi) is 5.62. The van der Waals surface area contributed by atoms with Crippen LogP contribution in [0.1, 0.15) is 56.0 Å². The summed E-state index contributed by atoms with van der Waals surface area (Å²) in [6.07, 6.45) is 7.05. The quantitative estimate of drug-likeness (QED) is 0.784. The number of likely N-dealkylation sites (tertiary alicyclic amines) is 1. The van der Waals surface area contributed by atoms with Crippen LogP contribution in [0.15, 0.2) is 24.3 Å². The third-order valence-corrected chi connectivity index (χ3v) is 5.65. The van der Waals surface area contributed by atoms with Gasteiger partial charge in [0.15, 0.2) is 0 Å². The highest BCUT2D eigenvalue weighted by Crippen LogP contribution is 2.36. The number of amides is 1. The van der Waals surface area contributed by atoms with E-state index in [4.69, 9.17) is 10.7 Å². The lowest BCUT2D eigenvalue weighted by Gasteiger charge is -2.23. The van der Waals surface area contributed by atoms with Gasteiger partial charge in [0, 0.05) is 13.0 Å². The number of carbonyl (C=O) groups is 1. The lowest BCUT2D eigenvalue weighted by molar-refractivity contribution is -0.132. The van der Waals surface area contributed by atoms with Gasteiger partial charge in [0.25, 0.3) is 0 Å². The van der Waals surface area contributed by atoms with Crippen molar-refractivity contribution in [2.24, 2.45) is 5.73 Å². The third kappa shape index (κ3) is 3.90. The van der Waals surface area contributed by atoms with Crippen molar-refractivity contribution in [3.63, 3.8) is 0 Å². The van der Waals surface area contributed by atoms with E-state index in [0.29, 0.717) is 12.3 Å². The molecule has 1 aromatic heterocycles. The SMILES string of the molecule is NCCCCCCC(=O)N1CCCC1c1nc2ccccc2s1. The smallest absolute Gasteiger partial charge is 0.223 e. The molecule has 1 aliphatic heterocycles. The summed E-state index contributed by atoms with van der Waals surface area (Å²) in [6, 6.07) is 8.40. The summed E-state index contributed by atoms with van der Waals surface area (Å²) in [5.41, 5.74) is 6.55. The lowest BCUT2D eigenvalue weighted by atomic mass is 10.1. The van der Waals surface area contributed by atoms with E-state index >= 15 is 0 Å². The topological polar surface area (TPSA) is 59.2 Å². The van der Waals surface area contributed by atoms with Crippen LogP contribution in [0.3, 0.4) is 0 Å². The molecule has 1 amide bonds. The number of carbonyl (C=O) groups excluding carboxylic acids is 1. The Balaban J connectivity index is 1.61. The highest BCUT2D eigenvalue weighted by atomic mass is 32.1. The summed E-state index contributed by atoms with van der Waals surface area (Å²) in [7, 11) is 0. The number of para-hydroxylation sites is 1. The van der Waals surface area contributed by atoms with E-state index < -0.39 is 0 Å². The molecule has 0 radical (unpaired) electrons. The first-order valence-corrected chi connectivity index (χ1v) is 9.46. The normalized spacial score (nSPS) is 18.0. The van der Waals surface area contributed by atoms with E-state index in [1.165, 1.54) is 4.70 Å². The highest BCUT2D eigenvalue weighted by molar-refractivity contribution is 7.18. The molecule has 0 saturated carbocycles. The van der Waals surface area contributed by atoms with E-state index in [2.05, 4.69) is 11.0 Å². The Morgan fingerprint density at radius 3 is 2.91 bits per heavy atom. The average molecular weight is 331 g/mol. The second kappa shape index (κ2) is 7.88. The Bertz CT molecular complexity index is 622. The number of fused-ring (bicyclic) bond motifs is 1. The molecule has 2 aromatic rings. The van der Waals surface area contributed by atoms with Crippen LogP contribution in [-0.2, 0) is 4.79 Å². The van der Waals surface area contributed by atoms with Gasteiger partial charge in [-0.05, 0) is 44.4 Å². The Hall–Kier alpha value is -1.46. The van der Waals surface area contributed by atoms with Crippen LogP contribution in [0.5, 0.6) is 0 Å². The molecule has 23 heavy (non-hydrogen) atoms. The Labute approximate surface area is 141 Å². The van der Waals surface area contributed by atoms with Crippen LogP contribution in [0.25, 0.3) is 10.2 Å². The average Bonchev–Trinajstić information content (AvgIpc) is 3.20. The second-order valence-corrected chi connectivity index (χ2v) is 7.28. The molecule has 124 valence electrons. The molecule has 2 N–H and O–H groups in total. The molecule has 0 aliphatic carbocycles. The first-order valence-electron chi connectivity index (χ1n) is 8.64. The van der Waals surface area contributed by atoms with Gasteiger partial charge in [0.05, 0.1) is 16.3 Å². The minimum atomic E-state index is 0.184. The van der Waals surface area contributed by atoms with Gasteiger partial charge in [0.1, 0.15) is 5.01 Å². The van der Waals surface area contributed by atoms with Crippen molar-refractivity contribution in [1.29, 1.82) is 0 Å². The van der Waals surface area contributed by atoms with Gasteiger partial charge in [-0.25, -0.2) is 4.98 Å². The number of hydrogen-bond acceptors (Lipinski definition) is 4. The largest absolute Gasteiger partial charge is 0.333 e. The van der Waals surface area contributed by atoms with Crippen LogP contribution in [-0.4, -0.2) is 28.9 Å². The summed E-state index contributed by atoms with van der Waals surface area (Å²) in [6.45, 7) is 1.63. The number of thiazole rings is 1. The van der Waals surface area contributed by atoms with Crippen molar-refractivity contribution >= 4 is 27.5 Å². The summed E-state index contributed by atoms with van der Waals surface area (Å²) in [5.74, 6) is 0.291. The summed E-state index contributed by atoms with van der Waals surface area (Å²) >= 11 is 1.73. The first kappa shape index (κ1) is 16.4. The molecule has 0 spiro atoms. The summed E-state index contributed by atoms with van der Waals surface area (Å²) < 4.78 is 1.21. The van der Waals surface area contributed by atoms with Gasteiger partial charge in [0.2, 0.25) is 5.91 Å². The summed E-state index contributed by atoms with van der Waals surface area (Å²) in [4.78, 5) is 19.4. The van der Waals surface area contributed by atoms with Gasteiger partial charge in [-0.2, -0.15) is 0 Å². The highest BCUT2D eigenvalue weighted by Gasteiger charge is 2.31. The van der Waals surface area contributed by atoms with Crippen LogP contribution < -0.4 is 5.73 Å². The standard InChI is InChI=1S/C18H25N3OS/c19-12-6-2-1-3-11-17(22)21-13-7-9-15(21)18-20-14-8-4-5-10-16(14)23-18/h4-5,8,10,15H,1-3,6-7,9,11-13,19H2. The first-order chi connectivity index (χ1) is 11.3. The van der Waals surface area contributed by atoms with Crippen molar-refractivity contribution in [2.75, 3.05) is 13.1 Å². The number of nitrogens with zero attached hydrogens (tertiary/aromatic N) is 2. The molecule has 1 unspecified atom stereocenters. The van der Waals surface area contributed by atoms with Crippen molar-refractivity contribution in [3.05, 3.63) is 29.3 Å². The van der Waals surface area contributed by atoms with E-state index in [9.17, 15) is 4.79 Å². The number of unbranched alkanes of at least 4 members (excludes halogenated alkanes) is 3. The molecule has 1 saturated heterocycles. The summed E-state index contributed by atoms with van der Waals surface area (Å²) in [5, 5.41) is 1.10. The fourth-order valence-electron chi connectivity index (χ4n) is 3.27. The molecular formula is C18H25N3OS. The number of nitrogens with two attached hydrogens (primary N) is 1. The number of aromatic nitrogens is 1. The van der Waals surface area contributed by atoms with Crippen molar-refractivity contribution in [2.45, 2.75) is 51.0 Å². The Morgan fingerprint density at radius 1 is 1.26 bits per heavy atom. The van der Waals surface area contributed by atoms with Crippen LogP contribution in [0, 0.1) is 0 Å². The molecule has 1 atom stereocenters. The minimum absolute atomic E-state index is 0.184. The Morgan fingerprint density at radius 2 is 2.09 bits per heavy atom. The van der Waals surface area contributed by atoms with Crippen molar-refractivity contribution in [1.82, 2.24) is 9.88 Å². The zero-order valence-corrected chi connectivity index (χ0v) is 14.4. The van der Waals surface area contributed by atoms with Crippen molar-refractivity contribution < 1.29 is 4.79 Å². The number of rotatable bonds is 7. The van der Waals surface area contributed by atoms with E-state index in [1.807, 2.05) is 18.2 Å². The van der Waals surface area contributed by atoms with E-state index in [1.54, 1.807) is 11.3 Å². The lowest BCUT2D eigenvalue weighted by Crippen LogP contribution is -2.30. The van der Waals surface area contributed by atoms with Gasteiger partial charge in [-0.3, -0.25) is 4.79 Å². The second-order valence-electron chi connectivity index (χ2n) is 6.22. The third-order valence-electron chi connectivity index (χ3n) is 4.51. The van der Waals surface area contributed by atoms with Crippen LogP contribution >= 0.6 is 11.3 Å². The molecule has 1 aromatic carbocycles. The van der Waals surface area contributed by atoms with Crippen molar-refractivity contribution in [3.8, 4) is 0 Å². The molecule has 0 bridgehead atoms. The predicted octanol–water partition coefficient (Wildman–Crippen LogP) is 3.87. The maximum atomic E-state index is 12.6. The molecular weight excluding hydrogens is 306 g/mol. The minimum Gasteiger partial charge on any atom is -0.333 e. The monoisotopic (exact) mass is 331 g/mol. The predicted molar refractivity (Wildman–Crippen MR) is 95.4 cm³/mol. The van der Waals surface area contributed by atoms with Gasteiger partial charge in [-0.1, -0.05) is 25.0 Å². The number of hydrogen-bond donors (Lipinski definition) is 1. The maximum absolute atomic E-state index is 12.6. The number of benzene rings is 1. The van der Waals surface area contributed by atoms with E-state index in [0.717, 1.165) is 62.1 Å². The van der Waals surface area contributed by atoms with Crippen LogP contribution in [0.2, 0.25) is 0 Å². The fourth-order valence-corrected chi connectivity index (χ4v) is 4.39. The zero-order chi connectivity index (χ0) is 16.1. The van der Waals surface area contributed by atoms with Gasteiger partial charge in [-0.15, -0.1) is 11.3 Å². The molecule has 3 rings (SSSR count). The van der Waals surface area contributed by atoms with Crippen LogP contribution in [0.4, 0.5) is 0 Å². The maximum Gasteiger partial charge on any atom is 0.223 e. The van der Waals surface area contributed by atoms with Gasteiger partial charge >= 0.3 is 0 Å². The molecule has 5 heteroatoms. The molecule has 4 nitrogen and oxygen atoms in total. The fraction of sp³-hybridized carbons (Fsp3) is 0.556. The van der Waals surface area contributed by atoms with E-state index in [-0.39, 0.29) is 6.04 Å². The zero-order valence-electron chi connectivity index (χ0n) is 13.5. The molecule has 2 heterocycles. The molecule has 1 fully saturated rings.